The molecule has 2 aromatic carbocycles. The number of ether oxygens (including phenoxy) is 2. The molecule has 0 spiro atoms. The molecule has 1 heterocycles. The molecule has 1 saturated heterocycles. The number of anilines is 1. The molecule has 0 atom stereocenters. The van der Waals surface area contributed by atoms with Gasteiger partial charge in [0.2, 0.25) is 0 Å². The van der Waals surface area contributed by atoms with E-state index in [1.165, 1.54) is 30.9 Å². The Hall–Kier alpha value is -1.54. The Morgan fingerprint density at radius 3 is 2.65 bits per heavy atom. The topological polar surface area (TPSA) is 38.8 Å². The van der Waals surface area contributed by atoms with Crippen LogP contribution in [0.15, 0.2) is 45.8 Å². The summed E-state index contributed by atoms with van der Waals surface area (Å²) in [5.41, 5.74) is 1.44. The molecular weight excluding hydrogens is 458 g/mol. The van der Waals surface area contributed by atoms with Gasteiger partial charge in [-0.05, 0) is 42.0 Å². The lowest BCUT2D eigenvalue weighted by atomic mass is 10.1. The highest BCUT2D eigenvalue weighted by molar-refractivity contribution is 9.10. The van der Waals surface area contributed by atoms with Gasteiger partial charge in [-0.3, -0.25) is 9.69 Å². The average molecular weight is 471 g/mol. The van der Waals surface area contributed by atoms with Gasteiger partial charge in [-0.25, -0.2) is 0 Å². The molecule has 0 bridgehead atoms. The van der Waals surface area contributed by atoms with Gasteiger partial charge in [0.15, 0.2) is 15.8 Å². The SMILES string of the molecule is COc1cc(/C=C2\SC(=S)N(c3cccc(Br)c3)C2=O)cc(Cl)c1OC. The third kappa shape index (κ3) is 3.76. The van der Waals surface area contributed by atoms with Crippen LogP contribution >= 0.6 is 51.5 Å². The normalized spacial score (nSPS) is 15.7. The van der Waals surface area contributed by atoms with Gasteiger partial charge in [-0.2, -0.15) is 0 Å². The van der Waals surface area contributed by atoms with E-state index in [1.807, 2.05) is 24.3 Å². The molecule has 0 aromatic heterocycles. The number of amides is 1. The molecule has 134 valence electrons. The Labute approximate surface area is 174 Å². The molecule has 0 radical (unpaired) electrons. The van der Waals surface area contributed by atoms with Crippen LogP contribution in [0.2, 0.25) is 5.02 Å². The predicted octanol–water partition coefficient (Wildman–Crippen LogP) is 5.53. The van der Waals surface area contributed by atoms with Crippen LogP contribution in [0, 0.1) is 0 Å². The average Bonchev–Trinajstić information content (AvgIpc) is 2.88. The predicted molar refractivity (Wildman–Crippen MR) is 114 cm³/mol. The van der Waals surface area contributed by atoms with Crippen molar-refractivity contribution >= 4 is 73.5 Å². The smallest absolute Gasteiger partial charge is 0.270 e. The fourth-order valence-corrected chi connectivity index (χ4v) is 4.46. The Balaban J connectivity index is 1.97. The minimum Gasteiger partial charge on any atom is -0.493 e. The molecule has 8 heteroatoms. The monoisotopic (exact) mass is 469 g/mol. The third-order valence-electron chi connectivity index (χ3n) is 3.61. The Morgan fingerprint density at radius 2 is 2.00 bits per heavy atom. The van der Waals surface area contributed by atoms with Gasteiger partial charge in [0, 0.05) is 4.47 Å². The van der Waals surface area contributed by atoms with Gasteiger partial charge < -0.3 is 9.47 Å². The van der Waals surface area contributed by atoms with Crippen molar-refractivity contribution in [1.29, 1.82) is 0 Å². The number of nitrogens with zero attached hydrogens (tertiary/aromatic N) is 1. The van der Waals surface area contributed by atoms with Gasteiger partial charge in [0.1, 0.15) is 0 Å². The third-order valence-corrected chi connectivity index (χ3v) is 5.69. The molecule has 0 aliphatic carbocycles. The number of carbonyl (C=O) groups is 1. The highest BCUT2D eigenvalue weighted by atomic mass is 79.9. The van der Waals surface area contributed by atoms with Crippen LogP contribution in [0.3, 0.4) is 0 Å². The number of hydrogen-bond donors (Lipinski definition) is 0. The number of carbonyl (C=O) groups excluding carboxylic acids is 1. The van der Waals surface area contributed by atoms with Crippen LogP contribution in [-0.4, -0.2) is 24.4 Å². The molecular formula is C18H13BrClNO3S2. The number of thiocarbonyl (C=S) groups is 1. The Bertz CT molecular complexity index is 933. The lowest BCUT2D eigenvalue weighted by Crippen LogP contribution is -2.27. The van der Waals surface area contributed by atoms with E-state index in [1.54, 1.807) is 18.2 Å². The van der Waals surface area contributed by atoms with Gasteiger partial charge >= 0.3 is 0 Å². The summed E-state index contributed by atoms with van der Waals surface area (Å²) in [6, 6.07) is 10.9. The van der Waals surface area contributed by atoms with Crippen molar-refractivity contribution in [3.05, 3.63) is 56.4 Å². The van der Waals surface area contributed by atoms with Crippen molar-refractivity contribution in [2.24, 2.45) is 0 Å². The standard InChI is InChI=1S/C18H13BrClNO3S2/c1-23-14-7-10(6-13(20)16(14)24-2)8-15-17(22)21(18(25)26-15)12-5-3-4-11(19)9-12/h3-9H,1-2H3/b15-8-. The van der Waals surface area contributed by atoms with Gasteiger partial charge in [-0.15, -0.1) is 0 Å². The minimum atomic E-state index is -0.177. The quantitative estimate of drug-likeness (QED) is 0.434. The van der Waals surface area contributed by atoms with E-state index in [2.05, 4.69) is 15.9 Å². The van der Waals surface area contributed by atoms with Crippen molar-refractivity contribution in [2.45, 2.75) is 0 Å². The van der Waals surface area contributed by atoms with E-state index >= 15 is 0 Å². The molecule has 4 nitrogen and oxygen atoms in total. The fourth-order valence-electron chi connectivity index (χ4n) is 2.48. The number of halogens is 2. The Morgan fingerprint density at radius 1 is 1.23 bits per heavy atom. The van der Waals surface area contributed by atoms with Gasteiger partial charge in [0.05, 0.1) is 29.8 Å². The van der Waals surface area contributed by atoms with E-state index in [0.29, 0.717) is 25.7 Å². The maximum Gasteiger partial charge on any atom is 0.270 e. The largest absolute Gasteiger partial charge is 0.493 e. The van der Waals surface area contributed by atoms with Crippen LogP contribution in [-0.2, 0) is 4.79 Å². The van der Waals surface area contributed by atoms with Crippen LogP contribution in [0.5, 0.6) is 11.5 Å². The number of benzene rings is 2. The molecule has 1 aliphatic rings. The summed E-state index contributed by atoms with van der Waals surface area (Å²) >= 11 is 16.3. The van der Waals surface area contributed by atoms with Crippen LogP contribution in [0.4, 0.5) is 5.69 Å². The van der Waals surface area contributed by atoms with Crippen molar-refractivity contribution < 1.29 is 14.3 Å². The second-order valence-corrected chi connectivity index (χ2v) is 8.23. The zero-order valence-electron chi connectivity index (χ0n) is 13.8. The van der Waals surface area contributed by atoms with Crippen LogP contribution in [0.25, 0.3) is 6.08 Å². The lowest BCUT2D eigenvalue weighted by molar-refractivity contribution is -0.113. The fraction of sp³-hybridized carbons (Fsp3) is 0.111. The van der Waals surface area contributed by atoms with Crippen molar-refractivity contribution in [3.63, 3.8) is 0 Å². The first-order valence-electron chi connectivity index (χ1n) is 7.39. The second kappa shape index (κ2) is 8.00. The van der Waals surface area contributed by atoms with Crippen molar-refractivity contribution in [3.8, 4) is 11.5 Å². The molecule has 1 fully saturated rings. The first-order valence-corrected chi connectivity index (χ1v) is 9.79. The highest BCUT2D eigenvalue weighted by Gasteiger charge is 2.33. The number of rotatable bonds is 4. The van der Waals surface area contributed by atoms with Gasteiger partial charge in [-0.1, -0.05) is 57.6 Å². The summed E-state index contributed by atoms with van der Waals surface area (Å²) in [5.74, 6) is 0.769. The zero-order valence-corrected chi connectivity index (χ0v) is 17.8. The minimum absolute atomic E-state index is 0.177. The zero-order chi connectivity index (χ0) is 18.8. The summed E-state index contributed by atoms with van der Waals surface area (Å²) in [7, 11) is 3.05. The van der Waals surface area contributed by atoms with E-state index in [4.69, 9.17) is 33.3 Å². The van der Waals surface area contributed by atoms with Gasteiger partial charge in [0.25, 0.3) is 5.91 Å². The maximum absolute atomic E-state index is 12.8. The van der Waals surface area contributed by atoms with E-state index in [9.17, 15) is 4.79 Å². The maximum atomic E-state index is 12.8. The van der Waals surface area contributed by atoms with Crippen LogP contribution < -0.4 is 14.4 Å². The molecule has 1 amide bonds. The number of methoxy groups -OCH3 is 2. The van der Waals surface area contributed by atoms with E-state index in [-0.39, 0.29) is 5.91 Å². The summed E-state index contributed by atoms with van der Waals surface area (Å²) in [4.78, 5) is 14.9. The first kappa shape index (κ1) is 19.2. The Kier molecular flexibility index (Phi) is 5.92. The summed E-state index contributed by atoms with van der Waals surface area (Å²) in [6.07, 6.45) is 1.74. The number of hydrogen-bond acceptors (Lipinski definition) is 5. The summed E-state index contributed by atoms with van der Waals surface area (Å²) in [5, 5.41) is 0.403. The molecule has 1 aliphatic heterocycles. The molecule has 0 N–H and O–H groups in total. The van der Waals surface area contributed by atoms with E-state index in [0.717, 1.165) is 15.7 Å². The molecule has 0 saturated carbocycles. The molecule has 26 heavy (non-hydrogen) atoms. The second-order valence-electron chi connectivity index (χ2n) is 5.24. The van der Waals surface area contributed by atoms with Crippen molar-refractivity contribution in [2.75, 3.05) is 19.1 Å². The summed E-state index contributed by atoms with van der Waals surface area (Å²) in [6.45, 7) is 0. The van der Waals surface area contributed by atoms with Crippen LogP contribution in [0.1, 0.15) is 5.56 Å². The lowest BCUT2D eigenvalue weighted by Gasteiger charge is -2.14. The molecule has 3 rings (SSSR count). The van der Waals surface area contributed by atoms with Crippen molar-refractivity contribution in [1.82, 2.24) is 0 Å². The molecule has 2 aromatic rings. The molecule has 0 unspecified atom stereocenters. The van der Waals surface area contributed by atoms with E-state index < -0.39 is 0 Å². The highest BCUT2D eigenvalue weighted by Crippen LogP contribution is 2.40. The number of thioether (sulfide) groups is 1. The summed E-state index contributed by atoms with van der Waals surface area (Å²) < 4.78 is 11.9. The first-order chi connectivity index (χ1) is 12.4.